The zero-order valence-electron chi connectivity index (χ0n) is 12.1. The highest BCUT2D eigenvalue weighted by Gasteiger charge is 2.30. The van der Waals surface area contributed by atoms with Gasteiger partial charge in [-0.05, 0) is 29.6 Å². The first-order valence-corrected chi connectivity index (χ1v) is 6.91. The van der Waals surface area contributed by atoms with Gasteiger partial charge in [0.25, 0.3) is 0 Å². The Hall–Kier alpha value is 0. The van der Waals surface area contributed by atoms with Crippen LogP contribution < -0.4 is 0 Å². The molecule has 0 saturated carbocycles. The summed E-state index contributed by atoms with van der Waals surface area (Å²) in [5.74, 6) is 2.60. The highest BCUT2D eigenvalue weighted by molar-refractivity contribution is 4.81. The summed E-state index contributed by atoms with van der Waals surface area (Å²) in [6.07, 6.45) is 5.36. The molecule has 15 heavy (non-hydrogen) atoms. The van der Waals surface area contributed by atoms with E-state index in [0.29, 0.717) is 5.41 Å². The van der Waals surface area contributed by atoms with E-state index in [1.54, 1.807) is 0 Å². The van der Waals surface area contributed by atoms with E-state index in [1.165, 1.54) is 25.7 Å². The van der Waals surface area contributed by atoms with Gasteiger partial charge in [-0.15, -0.1) is 0 Å². The number of hydrogen-bond donors (Lipinski definition) is 0. The Balaban J connectivity index is 4.42. The molecule has 0 aliphatic carbocycles. The summed E-state index contributed by atoms with van der Waals surface area (Å²) >= 11 is 0. The Bertz CT molecular complexity index is 161. The lowest BCUT2D eigenvalue weighted by Crippen LogP contribution is -2.28. The highest BCUT2D eigenvalue weighted by atomic mass is 14.4. The fourth-order valence-corrected chi connectivity index (χ4v) is 2.53. The van der Waals surface area contributed by atoms with E-state index < -0.39 is 0 Å². The molecule has 4 atom stereocenters. The quantitative estimate of drug-likeness (QED) is 0.521. The molecule has 0 amide bonds. The van der Waals surface area contributed by atoms with Crippen LogP contribution in [0.25, 0.3) is 0 Å². The van der Waals surface area contributed by atoms with Gasteiger partial charge in [-0.25, -0.2) is 0 Å². The molecule has 0 aromatic heterocycles. The lowest BCUT2D eigenvalue weighted by Gasteiger charge is -2.38. The molecule has 0 aliphatic rings. The van der Waals surface area contributed by atoms with E-state index in [1.807, 2.05) is 0 Å². The fourth-order valence-electron chi connectivity index (χ4n) is 2.53. The average molecular weight is 212 g/mol. The third-order valence-electron chi connectivity index (χ3n) is 5.01. The smallest absolute Gasteiger partial charge is 0.0300 e. The van der Waals surface area contributed by atoms with E-state index in [2.05, 4.69) is 48.5 Å². The topological polar surface area (TPSA) is 0 Å². The summed E-state index contributed by atoms with van der Waals surface area (Å²) < 4.78 is 0. The minimum Gasteiger partial charge on any atom is -0.0651 e. The SMILES string of the molecule is CCC(C)C(C)CC(C)(CC)C(C)CC. The monoisotopic (exact) mass is 212 g/mol. The predicted octanol–water partition coefficient (Wildman–Crippen LogP) is 5.52. The molecular weight excluding hydrogens is 180 g/mol. The summed E-state index contributed by atoms with van der Waals surface area (Å²) in [6.45, 7) is 16.7. The Morgan fingerprint density at radius 3 is 1.73 bits per heavy atom. The first-order chi connectivity index (χ1) is 6.91. The zero-order valence-corrected chi connectivity index (χ0v) is 12.1. The van der Waals surface area contributed by atoms with Gasteiger partial charge in [0, 0.05) is 0 Å². The first kappa shape index (κ1) is 15.0. The molecule has 0 heterocycles. The van der Waals surface area contributed by atoms with Gasteiger partial charge < -0.3 is 0 Å². The van der Waals surface area contributed by atoms with Crippen LogP contribution in [0, 0.1) is 23.2 Å². The van der Waals surface area contributed by atoms with Crippen molar-refractivity contribution in [3.05, 3.63) is 0 Å². The van der Waals surface area contributed by atoms with Gasteiger partial charge in [-0.1, -0.05) is 67.7 Å². The van der Waals surface area contributed by atoms with E-state index in [4.69, 9.17) is 0 Å². The molecule has 0 aromatic rings. The van der Waals surface area contributed by atoms with Crippen LogP contribution in [-0.2, 0) is 0 Å². The maximum absolute atomic E-state index is 2.49. The van der Waals surface area contributed by atoms with Crippen molar-refractivity contribution < 1.29 is 0 Å². The van der Waals surface area contributed by atoms with Gasteiger partial charge in [-0.2, -0.15) is 0 Å². The molecule has 4 unspecified atom stereocenters. The number of rotatable bonds is 7. The van der Waals surface area contributed by atoms with Crippen molar-refractivity contribution in [3.8, 4) is 0 Å². The van der Waals surface area contributed by atoms with Crippen molar-refractivity contribution in [2.24, 2.45) is 23.2 Å². The van der Waals surface area contributed by atoms with Crippen LogP contribution in [0.1, 0.15) is 74.1 Å². The second kappa shape index (κ2) is 6.55. The number of hydrogen-bond acceptors (Lipinski definition) is 0. The Morgan fingerprint density at radius 1 is 0.867 bits per heavy atom. The van der Waals surface area contributed by atoms with Crippen LogP contribution in [0.15, 0.2) is 0 Å². The summed E-state index contributed by atoms with van der Waals surface area (Å²) in [7, 11) is 0. The normalized spacial score (nSPS) is 21.8. The summed E-state index contributed by atoms with van der Waals surface area (Å²) in [4.78, 5) is 0. The van der Waals surface area contributed by atoms with Gasteiger partial charge in [-0.3, -0.25) is 0 Å². The Kier molecular flexibility index (Phi) is 6.55. The van der Waals surface area contributed by atoms with Crippen LogP contribution in [0.2, 0.25) is 0 Å². The lowest BCUT2D eigenvalue weighted by atomic mass is 9.67. The fraction of sp³-hybridized carbons (Fsp3) is 1.00. The van der Waals surface area contributed by atoms with Crippen molar-refractivity contribution >= 4 is 0 Å². The maximum Gasteiger partial charge on any atom is -0.0300 e. The molecule has 92 valence electrons. The highest BCUT2D eigenvalue weighted by Crippen LogP contribution is 2.41. The van der Waals surface area contributed by atoms with Gasteiger partial charge in [0.15, 0.2) is 0 Å². The zero-order chi connectivity index (χ0) is 12.1. The molecule has 0 fully saturated rings. The molecule has 0 radical (unpaired) electrons. The molecule has 0 bridgehead atoms. The maximum atomic E-state index is 2.49. The third kappa shape index (κ3) is 4.17. The molecule has 0 aliphatic heterocycles. The Morgan fingerprint density at radius 2 is 1.40 bits per heavy atom. The second-order valence-electron chi connectivity index (χ2n) is 5.88. The molecule has 0 N–H and O–H groups in total. The van der Waals surface area contributed by atoms with Crippen LogP contribution >= 0.6 is 0 Å². The summed E-state index contributed by atoms with van der Waals surface area (Å²) in [5, 5.41) is 0. The molecule has 0 aromatic carbocycles. The molecule has 0 nitrogen and oxygen atoms in total. The summed E-state index contributed by atoms with van der Waals surface area (Å²) in [5.41, 5.74) is 0.553. The van der Waals surface area contributed by atoms with Crippen molar-refractivity contribution in [1.82, 2.24) is 0 Å². The van der Waals surface area contributed by atoms with Gasteiger partial charge in [0.05, 0.1) is 0 Å². The van der Waals surface area contributed by atoms with E-state index >= 15 is 0 Å². The van der Waals surface area contributed by atoms with Crippen LogP contribution in [0.5, 0.6) is 0 Å². The van der Waals surface area contributed by atoms with Crippen LogP contribution in [0.4, 0.5) is 0 Å². The van der Waals surface area contributed by atoms with Gasteiger partial charge in [0.2, 0.25) is 0 Å². The average Bonchev–Trinajstić information content (AvgIpc) is 2.26. The molecule has 0 saturated heterocycles. The first-order valence-electron chi connectivity index (χ1n) is 6.91. The third-order valence-corrected chi connectivity index (χ3v) is 5.01. The van der Waals surface area contributed by atoms with Crippen molar-refractivity contribution in [3.63, 3.8) is 0 Å². The van der Waals surface area contributed by atoms with Crippen molar-refractivity contribution in [2.75, 3.05) is 0 Å². The molecular formula is C15H32. The largest absolute Gasteiger partial charge is 0.0651 e. The van der Waals surface area contributed by atoms with E-state index in [0.717, 1.165) is 17.8 Å². The predicted molar refractivity (Wildman–Crippen MR) is 71.1 cm³/mol. The standard InChI is InChI=1S/C15H32/c1-8-12(4)13(5)11-15(7,10-3)14(6)9-2/h12-14H,8-11H2,1-7H3. The van der Waals surface area contributed by atoms with Crippen LogP contribution in [0.3, 0.4) is 0 Å². The molecule has 0 heteroatoms. The minimum absolute atomic E-state index is 0.553. The van der Waals surface area contributed by atoms with Gasteiger partial charge >= 0.3 is 0 Å². The molecule has 0 rings (SSSR count). The summed E-state index contributed by atoms with van der Waals surface area (Å²) in [6, 6.07) is 0. The molecule has 0 spiro atoms. The van der Waals surface area contributed by atoms with E-state index in [9.17, 15) is 0 Å². The van der Waals surface area contributed by atoms with E-state index in [-0.39, 0.29) is 0 Å². The minimum atomic E-state index is 0.553. The van der Waals surface area contributed by atoms with Crippen molar-refractivity contribution in [2.45, 2.75) is 74.1 Å². The van der Waals surface area contributed by atoms with Gasteiger partial charge in [0.1, 0.15) is 0 Å². The van der Waals surface area contributed by atoms with Crippen LogP contribution in [-0.4, -0.2) is 0 Å². The van der Waals surface area contributed by atoms with Crippen molar-refractivity contribution in [1.29, 1.82) is 0 Å². The second-order valence-corrected chi connectivity index (χ2v) is 5.88. The lowest BCUT2D eigenvalue weighted by molar-refractivity contribution is 0.124. The Labute approximate surface area is 97.8 Å².